The highest BCUT2D eigenvalue weighted by Crippen LogP contribution is 2.22. The standard InChI is InChI=1S/C7H12O2S/c8-6-9-4-7-2-1-3-10-5-7/h6-7H,1-5H2. The number of carbonyl (C=O) groups excluding carboxylic acids is 1. The first-order valence-corrected chi connectivity index (χ1v) is 4.72. The molecule has 0 aromatic carbocycles. The summed E-state index contributed by atoms with van der Waals surface area (Å²) in [6.45, 7) is 1.16. The Morgan fingerprint density at radius 1 is 1.70 bits per heavy atom. The molecule has 0 aromatic rings. The van der Waals surface area contributed by atoms with Crippen molar-refractivity contribution >= 4 is 18.2 Å². The van der Waals surface area contributed by atoms with E-state index in [1.165, 1.54) is 18.6 Å². The summed E-state index contributed by atoms with van der Waals surface area (Å²) in [5.74, 6) is 3.05. The second-order valence-corrected chi connectivity index (χ2v) is 3.66. The maximum atomic E-state index is 9.82. The molecular formula is C7H12O2S. The highest BCUT2D eigenvalue weighted by Gasteiger charge is 2.13. The first-order valence-electron chi connectivity index (χ1n) is 3.56. The predicted molar refractivity (Wildman–Crippen MR) is 42.1 cm³/mol. The molecule has 1 aliphatic rings. The second kappa shape index (κ2) is 4.61. The van der Waals surface area contributed by atoms with Crippen molar-refractivity contribution in [3.63, 3.8) is 0 Å². The number of carbonyl (C=O) groups is 1. The fourth-order valence-electron chi connectivity index (χ4n) is 1.11. The summed E-state index contributed by atoms with van der Waals surface area (Å²) >= 11 is 1.96. The van der Waals surface area contributed by atoms with Crippen LogP contribution in [-0.2, 0) is 9.53 Å². The third-order valence-corrected chi connectivity index (χ3v) is 2.94. The Kier molecular flexibility index (Phi) is 3.65. The predicted octanol–water partition coefficient (Wildman–Crippen LogP) is 1.30. The molecule has 0 aliphatic carbocycles. The smallest absolute Gasteiger partial charge is 0.293 e. The molecule has 1 aliphatic heterocycles. The fourth-order valence-corrected chi connectivity index (χ4v) is 2.25. The van der Waals surface area contributed by atoms with Gasteiger partial charge in [-0.1, -0.05) is 0 Å². The molecule has 1 rings (SSSR count). The van der Waals surface area contributed by atoms with Gasteiger partial charge in [0.25, 0.3) is 6.47 Å². The molecule has 1 heterocycles. The van der Waals surface area contributed by atoms with Gasteiger partial charge in [0.05, 0.1) is 6.61 Å². The maximum Gasteiger partial charge on any atom is 0.293 e. The summed E-state index contributed by atoms with van der Waals surface area (Å²) in [6, 6.07) is 0. The summed E-state index contributed by atoms with van der Waals surface area (Å²) in [7, 11) is 0. The lowest BCUT2D eigenvalue weighted by Gasteiger charge is -2.19. The molecule has 1 atom stereocenters. The Balaban J connectivity index is 2.07. The van der Waals surface area contributed by atoms with Gasteiger partial charge in [0.1, 0.15) is 0 Å². The molecule has 1 unspecified atom stereocenters. The van der Waals surface area contributed by atoms with Crippen molar-refractivity contribution < 1.29 is 9.53 Å². The van der Waals surface area contributed by atoms with Crippen LogP contribution in [0.1, 0.15) is 12.8 Å². The van der Waals surface area contributed by atoms with Gasteiger partial charge in [0, 0.05) is 5.92 Å². The maximum absolute atomic E-state index is 9.82. The van der Waals surface area contributed by atoms with Crippen molar-refractivity contribution in [2.75, 3.05) is 18.1 Å². The van der Waals surface area contributed by atoms with Crippen LogP contribution in [0.15, 0.2) is 0 Å². The minimum absolute atomic E-state index is 0.541. The topological polar surface area (TPSA) is 26.3 Å². The molecule has 1 fully saturated rings. The molecule has 0 radical (unpaired) electrons. The summed E-state index contributed by atoms with van der Waals surface area (Å²) in [6.07, 6.45) is 2.50. The van der Waals surface area contributed by atoms with Crippen molar-refractivity contribution in [3.05, 3.63) is 0 Å². The van der Waals surface area contributed by atoms with Gasteiger partial charge in [0.15, 0.2) is 0 Å². The molecule has 10 heavy (non-hydrogen) atoms. The minimum Gasteiger partial charge on any atom is -0.468 e. The highest BCUT2D eigenvalue weighted by atomic mass is 32.2. The second-order valence-electron chi connectivity index (χ2n) is 2.51. The number of rotatable bonds is 3. The summed E-state index contributed by atoms with van der Waals surface area (Å²) < 4.78 is 4.68. The van der Waals surface area contributed by atoms with Gasteiger partial charge in [-0.2, -0.15) is 11.8 Å². The average Bonchev–Trinajstić information content (AvgIpc) is 2.03. The zero-order valence-electron chi connectivity index (χ0n) is 5.91. The summed E-state index contributed by atoms with van der Waals surface area (Å²) in [5.41, 5.74) is 0. The Morgan fingerprint density at radius 2 is 2.60 bits per heavy atom. The van der Waals surface area contributed by atoms with Crippen molar-refractivity contribution in [2.24, 2.45) is 5.92 Å². The van der Waals surface area contributed by atoms with Crippen LogP contribution >= 0.6 is 11.8 Å². The number of hydrogen-bond acceptors (Lipinski definition) is 3. The molecule has 0 saturated carbocycles. The van der Waals surface area contributed by atoms with Gasteiger partial charge in [0.2, 0.25) is 0 Å². The monoisotopic (exact) mass is 160 g/mol. The van der Waals surface area contributed by atoms with Crippen LogP contribution in [-0.4, -0.2) is 24.6 Å². The van der Waals surface area contributed by atoms with Gasteiger partial charge in [-0.05, 0) is 24.3 Å². The van der Waals surface area contributed by atoms with Gasteiger partial charge < -0.3 is 4.74 Å². The van der Waals surface area contributed by atoms with E-state index in [0.717, 1.165) is 5.75 Å². The van der Waals surface area contributed by atoms with Crippen LogP contribution in [0, 0.1) is 5.92 Å². The molecule has 2 nitrogen and oxygen atoms in total. The molecule has 0 aromatic heterocycles. The Labute approximate surface area is 65.3 Å². The lowest BCUT2D eigenvalue weighted by molar-refractivity contribution is -0.129. The van der Waals surface area contributed by atoms with E-state index in [2.05, 4.69) is 4.74 Å². The lowest BCUT2D eigenvalue weighted by Crippen LogP contribution is -2.16. The lowest BCUT2D eigenvalue weighted by atomic mass is 10.1. The van der Waals surface area contributed by atoms with E-state index in [1.807, 2.05) is 11.8 Å². The van der Waals surface area contributed by atoms with E-state index in [9.17, 15) is 4.79 Å². The van der Waals surface area contributed by atoms with Gasteiger partial charge in [-0.25, -0.2) is 0 Å². The van der Waals surface area contributed by atoms with Crippen molar-refractivity contribution in [3.8, 4) is 0 Å². The molecule has 0 amide bonds. The van der Waals surface area contributed by atoms with Crippen LogP contribution in [0.3, 0.4) is 0 Å². The van der Waals surface area contributed by atoms with Gasteiger partial charge in [-0.3, -0.25) is 4.79 Å². The Morgan fingerprint density at radius 3 is 3.20 bits per heavy atom. The SMILES string of the molecule is O=COCC1CCCSC1. The van der Waals surface area contributed by atoms with Crippen molar-refractivity contribution in [1.29, 1.82) is 0 Å². The third kappa shape index (κ3) is 2.60. The number of ether oxygens (including phenoxy) is 1. The zero-order valence-corrected chi connectivity index (χ0v) is 6.73. The van der Waals surface area contributed by atoms with Crippen molar-refractivity contribution in [1.82, 2.24) is 0 Å². The number of thioether (sulfide) groups is 1. The van der Waals surface area contributed by atoms with E-state index in [4.69, 9.17) is 0 Å². The molecule has 0 N–H and O–H groups in total. The van der Waals surface area contributed by atoms with Crippen LogP contribution in [0.25, 0.3) is 0 Å². The third-order valence-electron chi connectivity index (χ3n) is 1.65. The Hall–Kier alpha value is -0.180. The quantitative estimate of drug-likeness (QED) is 0.582. The van der Waals surface area contributed by atoms with Crippen LogP contribution in [0.5, 0.6) is 0 Å². The Bertz CT molecular complexity index is 99.8. The van der Waals surface area contributed by atoms with E-state index in [-0.39, 0.29) is 0 Å². The molecule has 0 bridgehead atoms. The van der Waals surface area contributed by atoms with Crippen LogP contribution < -0.4 is 0 Å². The van der Waals surface area contributed by atoms with Crippen LogP contribution in [0.2, 0.25) is 0 Å². The molecule has 1 saturated heterocycles. The first kappa shape index (κ1) is 7.92. The van der Waals surface area contributed by atoms with Gasteiger partial charge in [-0.15, -0.1) is 0 Å². The van der Waals surface area contributed by atoms with Gasteiger partial charge >= 0.3 is 0 Å². The van der Waals surface area contributed by atoms with E-state index < -0.39 is 0 Å². The summed E-state index contributed by atoms with van der Waals surface area (Å²) in [5, 5.41) is 0. The minimum atomic E-state index is 0.541. The summed E-state index contributed by atoms with van der Waals surface area (Å²) in [4.78, 5) is 9.82. The average molecular weight is 160 g/mol. The molecule has 3 heteroatoms. The fraction of sp³-hybridized carbons (Fsp3) is 0.857. The zero-order chi connectivity index (χ0) is 7.23. The molecule has 58 valence electrons. The highest BCUT2D eigenvalue weighted by molar-refractivity contribution is 7.99. The van der Waals surface area contributed by atoms with E-state index in [1.54, 1.807) is 0 Å². The number of hydrogen-bond donors (Lipinski definition) is 0. The van der Waals surface area contributed by atoms with Crippen molar-refractivity contribution in [2.45, 2.75) is 12.8 Å². The largest absolute Gasteiger partial charge is 0.468 e. The van der Waals surface area contributed by atoms with E-state index in [0.29, 0.717) is 19.0 Å². The normalized spacial score (nSPS) is 25.8. The van der Waals surface area contributed by atoms with Crippen LogP contribution in [0.4, 0.5) is 0 Å². The van der Waals surface area contributed by atoms with E-state index >= 15 is 0 Å². The molecular weight excluding hydrogens is 148 g/mol. The molecule has 0 spiro atoms. The first-order chi connectivity index (χ1) is 4.93.